The second-order valence-corrected chi connectivity index (χ2v) is 9.86. The van der Waals surface area contributed by atoms with E-state index in [0.717, 1.165) is 12.0 Å². The quantitative estimate of drug-likeness (QED) is 0.289. The molecule has 202 valence electrons. The minimum absolute atomic E-state index is 0.213. The normalized spacial score (nSPS) is 25.2. The van der Waals surface area contributed by atoms with Crippen molar-refractivity contribution in [1.82, 2.24) is 24.8 Å². The van der Waals surface area contributed by atoms with Crippen LogP contribution >= 0.6 is 7.82 Å². The van der Waals surface area contributed by atoms with Gasteiger partial charge in [0.25, 0.3) is 0 Å². The number of rotatable bonds is 9. The minimum Gasteiger partial charge on any atom is -0.347 e. The lowest BCUT2D eigenvalue weighted by Gasteiger charge is -2.20. The molecule has 38 heavy (non-hydrogen) atoms. The first-order valence-corrected chi connectivity index (χ1v) is 13.5. The molecule has 5 rings (SSSR count). The number of phosphoric ester groups is 1. The summed E-state index contributed by atoms with van der Waals surface area (Å²) in [6, 6.07) is 9.17. The summed E-state index contributed by atoms with van der Waals surface area (Å²) < 4.78 is 35.9. The molecule has 2 saturated heterocycles. The predicted molar refractivity (Wildman–Crippen MR) is 134 cm³/mol. The van der Waals surface area contributed by atoms with Crippen molar-refractivity contribution in [3.8, 4) is 0 Å². The van der Waals surface area contributed by atoms with Gasteiger partial charge in [0.05, 0.1) is 12.9 Å². The van der Waals surface area contributed by atoms with Crippen molar-refractivity contribution in [2.75, 3.05) is 18.5 Å². The number of carbonyl (C=O) groups is 1. The van der Waals surface area contributed by atoms with Crippen molar-refractivity contribution in [2.24, 2.45) is 0 Å². The van der Waals surface area contributed by atoms with Gasteiger partial charge in [-0.3, -0.25) is 14.4 Å². The van der Waals surface area contributed by atoms with Crippen LogP contribution in [0, 0.1) is 0 Å². The first-order chi connectivity index (χ1) is 18.3. The molecule has 15 heteroatoms. The van der Waals surface area contributed by atoms with Crippen LogP contribution in [-0.4, -0.2) is 73.1 Å². The Labute approximate surface area is 217 Å². The number of nitrogens with one attached hydrogen (secondary N) is 2. The fraction of sp³-hybridized carbons (Fsp3) is 0.391. The molecule has 2 fully saturated rings. The number of imidazole rings is 1. The van der Waals surface area contributed by atoms with Gasteiger partial charge in [0.2, 0.25) is 0 Å². The number of benzene rings is 1. The molecule has 2 aromatic heterocycles. The molecule has 2 aliphatic heterocycles. The number of ether oxygens (including phenoxy) is 3. The van der Waals surface area contributed by atoms with Crippen LogP contribution in [0.15, 0.2) is 49.1 Å². The maximum absolute atomic E-state index is 12.2. The number of hydrogen-bond donors (Lipinski definition) is 4. The largest absolute Gasteiger partial charge is 0.469 e. The van der Waals surface area contributed by atoms with Crippen molar-refractivity contribution in [2.45, 2.75) is 44.2 Å². The zero-order chi connectivity index (χ0) is 26.7. The van der Waals surface area contributed by atoms with Gasteiger partial charge in [0, 0.05) is 6.54 Å². The molecule has 5 atom stereocenters. The van der Waals surface area contributed by atoms with Crippen LogP contribution in [0.1, 0.15) is 25.1 Å². The summed E-state index contributed by atoms with van der Waals surface area (Å²) in [4.78, 5) is 43.4. The maximum atomic E-state index is 12.2. The highest BCUT2D eigenvalue weighted by molar-refractivity contribution is 7.46. The van der Waals surface area contributed by atoms with Gasteiger partial charge in [0.1, 0.15) is 24.6 Å². The highest BCUT2D eigenvalue weighted by Crippen LogP contribution is 2.43. The van der Waals surface area contributed by atoms with Crippen molar-refractivity contribution in [3.63, 3.8) is 0 Å². The summed E-state index contributed by atoms with van der Waals surface area (Å²) >= 11 is 0. The SMILES string of the molecule is CCCNC(=O)Nc1ncnc2c1ncn2[C@@H]1O[C@H](COP(=O)(O)O)C2OC(/C=C/c3ccccc3)O[C@@H]21. The molecule has 1 aromatic carbocycles. The monoisotopic (exact) mass is 546 g/mol. The molecule has 0 spiro atoms. The molecule has 0 bridgehead atoms. The number of aromatic nitrogens is 4. The Hall–Kier alpha value is -3.23. The van der Waals surface area contributed by atoms with E-state index in [9.17, 15) is 19.1 Å². The summed E-state index contributed by atoms with van der Waals surface area (Å²) in [6.45, 7) is 2.02. The fourth-order valence-corrected chi connectivity index (χ4v) is 4.59. The van der Waals surface area contributed by atoms with Crippen LogP contribution in [0.3, 0.4) is 0 Å². The van der Waals surface area contributed by atoms with Gasteiger partial charge in [-0.05, 0) is 18.1 Å². The van der Waals surface area contributed by atoms with E-state index in [0.29, 0.717) is 17.7 Å². The van der Waals surface area contributed by atoms with E-state index < -0.39 is 51.3 Å². The van der Waals surface area contributed by atoms with E-state index in [1.807, 2.05) is 43.3 Å². The first-order valence-electron chi connectivity index (χ1n) is 11.9. The summed E-state index contributed by atoms with van der Waals surface area (Å²) in [6.07, 6.45) is 3.34. The number of nitrogens with zero attached hydrogens (tertiary/aromatic N) is 4. The van der Waals surface area contributed by atoms with Gasteiger partial charge < -0.3 is 29.3 Å². The van der Waals surface area contributed by atoms with Crippen LogP contribution in [0.5, 0.6) is 0 Å². The second-order valence-electron chi connectivity index (χ2n) is 8.62. The molecule has 4 N–H and O–H groups in total. The van der Waals surface area contributed by atoms with Gasteiger partial charge >= 0.3 is 13.9 Å². The molecule has 2 aliphatic rings. The molecule has 3 aromatic rings. The number of urea groups is 1. The molecule has 2 unspecified atom stereocenters. The Kier molecular flexibility index (Phi) is 7.81. The third-order valence-corrected chi connectivity index (χ3v) is 6.41. The summed E-state index contributed by atoms with van der Waals surface area (Å²) in [7, 11) is -4.75. The van der Waals surface area contributed by atoms with Crippen molar-refractivity contribution >= 4 is 36.9 Å². The topological polar surface area (TPSA) is 179 Å². The summed E-state index contributed by atoms with van der Waals surface area (Å²) in [5.74, 6) is 0.213. The fourth-order valence-electron chi connectivity index (χ4n) is 4.25. The molecule has 0 radical (unpaired) electrons. The molecular weight excluding hydrogens is 519 g/mol. The van der Waals surface area contributed by atoms with E-state index >= 15 is 0 Å². The third kappa shape index (κ3) is 5.92. The number of carbonyl (C=O) groups excluding carboxylic acids is 1. The minimum atomic E-state index is -4.75. The number of amides is 2. The zero-order valence-corrected chi connectivity index (χ0v) is 21.2. The van der Waals surface area contributed by atoms with Crippen LogP contribution < -0.4 is 10.6 Å². The third-order valence-electron chi connectivity index (χ3n) is 5.92. The van der Waals surface area contributed by atoms with Crippen molar-refractivity contribution in [3.05, 3.63) is 54.6 Å². The van der Waals surface area contributed by atoms with Crippen LogP contribution in [-0.2, 0) is 23.3 Å². The Bertz CT molecular complexity index is 1350. The van der Waals surface area contributed by atoms with E-state index in [2.05, 4.69) is 25.6 Å². The molecule has 4 heterocycles. The van der Waals surface area contributed by atoms with Crippen molar-refractivity contribution < 1.29 is 37.9 Å². The van der Waals surface area contributed by atoms with Gasteiger partial charge in [0.15, 0.2) is 29.5 Å². The zero-order valence-electron chi connectivity index (χ0n) is 20.3. The standard InChI is InChI=1S/C23H27N6O8P/c1-2-10-24-23(30)28-20-17-21(26-12-25-20)29(13-27-17)22-19-18(15(35-22)11-34-38(31,32)33)36-16(37-19)9-8-14-6-4-3-5-7-14/h3-9,12-13,15-16,18-19,22H,2,10-11H2,1H3,(H2,31,32,33)(H2,24,25,26,28,30)/b9-8+/t15-,16?,18?,19+,22-/m1/s1. The number of phosphoric acid groups is 1. The summed E-state index contributed by atoms with van der Waals surface area (Å²) in [5.41, 5.74) is 1.64. The first kappa shape index (κ1) is 26.4. The number of anilines is 1. The number of hydrogen-bond acceptors (Lipinski definition) is 9. The van der Waals surface area contributed by atoms with Gasteiger partial charge in [-0.2, -0.15) is 0 Å². The molecule has 0 saturated carbocycles. The second kappa shape index (κ2) is 11.3. The average molecular weight is 546 g/mol. The Morgan fingerprint density at radius 1 is 1.16 bits per heavy atom. The van der Waals surface area contributed by atoms with Crippen LogP contribution in [0.4, 0.5) is 10.6 Å². The van der Waals surface area contributed by atoms with Crippen LogP contribution in [0.2, 0.25) is 0 Å². The van der Waals surface area contributed by atoms with Crippen LogP contribution in [0.25, 0.3) is 17.2 Å². The van der Waals surface area contributed by atoms with E-state index in [-0.39, 0.29) is 5.82 Å². The lowest BCUT2D eigenvalue weighted by molar-refractivity contribution is -0.132. The molecule has 14 nitrogen and oxygen atoms in total. The van der Waals surface area contributed by atoms with E-state index in [1.165, 1.54) is 12.7 Å². The Morgan fingerprint density at radius 3 is 2.71 bits per heavy atom. The Morgan fingerprint density at radius 2 is 1.95 bits per heavy atom. The lowest BCUT2D eigenvalue weighted by atomic mass is 10.1. The van der Waals surface area contributed by atoms with Gasteiger partial charge in [-0.25, -0.2) is 24.3 Å². The average Bonchev–Trinajstić information content (AvgIpc) is 3.59. The summed E-state index contributed by atoms with van der Waals surface area (Å²) in [5, 5.41) is 5.37. The highest BCUT2D eigenvalue weighted by Gasteiger charge is 2.53. The molecule has 2 amide bonds. The Balaban J connectivity index is 1.40. The smallest absolute Gasteiger partial charge is 0.347 e. The predicted octanol–water partition coefficient (Wildman–Crippen LogP) is 2.19. The number of fused-ring (bicyclic) bond motifs is 2. The maximum Gasteiger partial charge on any atom is 0.469 e. The lowest BCUT2D eigenvalue weighted by Crippen LogP contribution is -2.31. The van der Waals surface area contributed by atoms with E-state index in [1.54, 1.807) is 10.6 Å². The highest BCUT2D eigenvalue weighted by atomic mass is 31.2. The molecular formula is C23H27N6O8P. The van der Waals surface area contributed by atoms with Gasteiger partial charge in [-0.15, -0.1) is 0 Å². The van der Waals surface area contributed by atoms with E-state index in [4.69, 9.17) is 18.7 Å². The van der Waals surface area contributed by atoms with Gasteiger partial charge in [-0.1, -0.05) is 43.3 Å². The van der Waals surface area contributed by atoms with Crippen molar-refractivity contribution in [1.29, 1.82) is 0 Å². The molecule has 0 aliphatic carbocycles.